The quantitative estimate of drug-likeness (QED) is 0.773. The van der Waals surface area contributed by atoms with Crippen LogP contribution >= 0.6 is 0 Å². The molecule has 0 saturated carbocycles. The molecule has 0 fully saturated rings. The van der Waals surface area contributed by atoms with Crippen molar-refractivity contribution in [3.8, 4) is 0 Å². The molecule has 2 aromatic rings. The highest BCUT2D eigenvalue weighted by Gasteiger charge is 2.25. The van der Waals surface area contributed by atoms with Gasteiger partial charge in [0.1, 0.15) is 0 Å². The number of nitrogens with zero attached hydrogens (tertiary/aromatic N) is 1. The van der Waals surface area contributed by atoms with Crippen LogP contribution in [-0.4, -0.2) is 10.9 Å². The van der Waals surface area contributed by atoms with Crippen LogP contribution in [0.15, 0.2) is 48.8 Å². The van der Waals surface area contributed by atoms with Gasteiger partial charge in [0, 0.05) is 23.6 Å². The van der Waals surface area contributed by atoms with E-state index >= 15 is 0 Å². The lowest BCUT2D eigenvalue weighted by Gasteiger charge is -2.05. The minimum absolute atomic E-state index is 0.0439. The molecular formula is C15H12N2O. The average Bonchev–Trinajstić information content (AvgIpc) is 2.75. The number of nitrogens with one attached hydrogen (secondary N) is 1. The highest BCUT2D eigenvalue weighted by molar-refractivity contribution is 6.36. The van der Waals surface area contributed by atoms with E-state index in [0.29, 0.717) is 0 Å². The molecule has 1 aromatic carbocycles. The van der Waals surface area contributed by atoms with Crippen LogP contribution in [0.1, 0.15) is 18.1 Å². The number of carbonyl (C=O) groups excluding carboxylic acids is 1. The molecule has 18 heavy (non-hydrogen) atoms. The maximum atomic E-state index is 12.1. The molecular weight excluding hydrogens is 224 g/mol. The maximum absolute atomic E-state index is 12.1. The van der Waals surface area contributed by atoms with E-state index < -0.39 is 0 Å². The number of hydrogen-bond donors (Lipinski definition) is 1. The van der Waals surface area contributed by atoms with E-state index in [9.17, 15) is 4.79 Å². The normalized spacial score (nSPS) is 16.2. The smallest absolute Gasteiger partial charge is 0.256 e. The number of anilines is 1. The number of fused-ring (bicyclic) bond motifs is 1. The SMILES string of the molecule is CC(=C1C(=O)Nc2ccccc21)c1cccnc1. The van der Waals surface area contributed by atoms with Crippen LogP contribution in [0, 0.1) is 0 Å². The zero-order valence-corrected chi connectivity index (χ0v) is 9.97. The number of hydrogen-bond acceptors (Lipinski definition) is 2. The van der Waals surface area contributed by atoms with Crippen LogP contribution in [0.25, 0.3) is 11.1 Å². The number of aromatic nitrogens is 1. The van der Waals surface area contributed by atoms with Crippen molar-refractivity contribution in [1.29, 1.82) is 0 Å². The first-order valence-electron chi connectivity index (χ1n) is 5.79. The van der Waals surface area contributed by atoms with Crippen molar-refractivity contribution >= 4 is 22.7 Å². The van der Waals surface area contributed by atoms with E-state index in [4.69, 9.17) is 0 Å². The van der Waals surface area contributed by atoms with E-state index in [1.54, 1.807) is 12.4 Å². The van der Waals surface area contributed by atoms with Gasteiger partial charge in [-0.1, -0.05) is 24.3 Å². The molecule has 2 heterocycles. The third kappa shape index (κ3) is 1.61. The van der Waals surface area contributed by atoms with Gasteiger partial charge in [-0.15, -0.1) is 0 Å². The lowest BCUT2D eigenvalue weighted by atomic mass is 9.98. The van der Waals surface area contributed by atoms with Crippen LogP contribution in [0.5, 0.6) is 0 Å². The fraction of sp³-hybridized carbons (Fsp3) is 0.0667. The third-order valence-corrected chi connectivity index (χ3v) is 3.14. The predicted octanol–water partition coefficient (Wildman–Crippen LogP) is 2.96. The Bertz CT molecular complexity index is 645. The molecule has 3 rings (SSSR count). The van der Waals surface area contributed by atoms with Gasteiger partial charge < -0.3 is 5.32 Å². The molecule has 1 aromatic heterocycles. The van der Waals surface area contributed by atoms with Crippen LogP contribution < -0.4 is 5.32 Å². The number of allylic oxidation sites excluding steroid dienone is 1. The molecule has 0 spiro atoms. The highest BCUT2D eigenvalue weighted by Crippen LogP contribution is 2.36. The summed E-state index contributed by atoms with van der Waals surface area (Å²) >= 11 is 0. The van der Waals surface area contributed by atoms with Crippen molar-refractivity contribution in [1.82, 2.24) is 4.98 Å². The van der Waals surface area contributed by atoms with Crippen LogP contribution in [0.4, 0.5) is 5.69 Å². The minimum Gasteiger partial charge on any atom is -0.321 e. The number of para-hydroxylation sites is 1. The molecule has 0 aliphatic carbocycles. The van der Waals surface area contributed by atoms with Gasteiger partial charge in [-0.2, -0.15) is 0 Å². The summed E-state index contributed by atoms with van der Waals surface area (Å²) < 4.78 is 0. The minimum atomic E-state index is -0.0439. The van der Waals surface area contributed by atoms with Gasteiger partial charge >= 0.3 is 0 Å². The highest BCUT2D eigenvalue weighted by atomic mass is 16.2. The van der Waals surface area contributed by atoms with Gasteiger partial charge in [-0.25, -0.2) is 0 Å². The van der Waals surface area contributed by atoms with Gasteiger partial charge in [0.25, 0.3) is 5.91 Å². The summed E-state index contributed by atoms with van der Waals surface area (Å²) in [6.07, 6.45) is 3.50. The molecule has 0 radical (unpaired) electrons. The summed E-state index contributed by atoms with van der Waals surface area (Å²) in [5.74, 6) is -0.0439. The molecule has 1 aliphatic heterocycles. The van der Waals surface area contributed by atoms with Gasteiger partial charge in [0.05, 0.1) is 5.57 Å². The Morgan fingerprint density at radius 3 is 2.78 bits per heavy atom. The van der Waals surface area contributed by atoms with Crippen molar-refractivity contribution < 1.29 is 4.79 Å². The lowest BCUT2D eigenvalue weighted by Crippen LogP contribution is -2.05. The van der Waals surface area contributed by atoms with E-state index in [-0.39, 0.29) is 5.91 Å². The Hall–Kier alpha value is -2.42. The average molecular weight is 236 g/mol. The predicted molar refractivity (Wildman–Crippen MR) is 71.8 cm³/mol. The molecule has 3 heteroatoms. The monoisotopic (exact) mass is 236 g/mol. The Morgan fingerprint density at radius 1 is 1.17 bits per heavy atom. The molecule has 3 nitrogen and oxygen atoms in total. The number of carbonyl (C=O) groups is 1. The second kappa shape index (κ2) is 4.11. The summed E-state index contributed by atoms with van der Waals surface area (Å²) in [7, 11) is 0. The summed E-state index contributed by atoms with van der Waals surface area (Å²) in [6.45, 7) is 1.95. The Labute approximate surface area is 105 Å². The number of benzene rings is 1. The van der Waals surface area contributed by atoms with Gasteiger partial charge in [-0.05, 0) is 30.2 Å². The van der Waals surface area contributed by atoms with Crippen LogP contribution in [0.3, 0.4) is 0 Å². The van der Waals surface area contributed by atoms with Crippen LogP contribution in [-0.2, 0) is 4.79 Å². The van der Waals surface area contributed by atoms with Gasteiger partial charge in [0.2, 0.25) is 0 Å². The Morgan fingerprint density at radius 2 is 2.00 bits per heavy atom. The molecule has 0 bridgehead atoms. The second-order valence-electron chi connectivity index (χ2n) is 4.24. The van der Waals surface area contributed by atoms with Crippen molar-refractivity contribution in [3.63, 3.8) is 0 Å². The Kier molecular flexibility index (Phi) is 2.45. The van der Waals surface area contributed by atoms with Crippen molar-refractivity contribution in [3.05, 3.63) is 59.9 Å². The lowest BCUT2D eigenvalue weighted by molar-refractivity contribution is -0.110. The molecule has 88 valence electrons. The van der Waals surface area contributed by atoms with Crippen molar-refractivity contribution in [2.45, 2.75) is 6.92 Å². The molecule has 1 N–H and O–H groups in total. The third-order valence-electron chi connectivity index (χ3n) is 3.14. The van der Waals surface area contributed by atoms with Crippen molar-refractivity contribution in [2.75, 3.05) is 5.32 Å². The molecule has 0 unspecified atom stereocenters. The molecule has 1 aliphatic rings. The zero-order valence-electron chi connectivity index (χ0n) is 9.97. The first kappa shape index (κ1) is 10.7. The van der Waals surface area contributed by atoms with E-state index in [0.717, 1.165) is 28.0 Å². The fourth-order valence-electron chi connectivity index (χ4n) is 2.22. The summed E-state index contributed by atoms with van der Waals surface area (Å²) in [5.41, 5.74) is 4.49. The van der Waals surface area contributed by atoms with E-state index in [1.165, 1.54) is 0 Å². The first-order valence-corrected chi connectivity index (χ1v) is 5.79. The molecule has 0 saturated heterocycles. The van der Waals surface area contributed by atoms with E-state index in [1.807, 2.05) is 43.3 Å². The number of rotatable bonds is 1. The largest absolute Gasteiger partial charge is 0.321 e. The maximum Gasteiger partial charge on any atom is 0.256 e. The summed E-state index contributed by atoms with van der Waals surface area (Å²) in [6, 6.07) is 11.6. The van der Waals surface area contributed by atoms with Crippen LogP contribution in [0.2, 0.25) is 0 Å². The van der Waals surface area contributed by atoms with E-state index in [2.05, 4.69) is 10.3 Å². The Balaban J connectivity index is 2.20. The molecule has 1 amide bonds. The summed E-state index contributed by atoms with van der Waals surface area (Å²) in [5, 5.41) is 2.88. The number of pyridine rings is 1. The zero-order chi connectivity index (χ0) is 12.5. The first-order chi connectivity index (χ1) is 8.77. The van der Waals surface area contributed by atoms with Gasteiger partial charge in [0.15, 0.2) is 0 Å². The fourth-order valence-corrected chi connectivity index (χ4v) is 2.22. The second-order valence-corrected chi connectivity index (χ2v) is 4.24. The topological polar surface area (TPSA) is 42.0 Å². The van der Waals surface area contributed by atoms with Gasteiger partial charge in [-0.3, -0.25) is 9.78 Å². The number of amides is 1. The standard InChI is InChI=1S/C15H12N2O/c1-10(11-5-4-8-16-9-11)14-12-6-2-3-7-13(12)17-15(14)18/h2-9H,1H3,(H,17,18). The van der Waals surface area contributed by atoms with Crippen molar-refractivity contribution in [2.24, 2.45) is 0 Å². The summed E-state index contributed by atoms with van der Waals surface area (Å²) in [4.78, 5) is 16.1. The molecule has 0 atom stereocenters.